The first-order chi connectivity index (χ1) is 8.98. The van der Waals surface area contributed by atoms with E-state index in [4.69, 9.17) is 10.5 Å². The lowest BCUT2D eigenvalue weighted by Gasteiger charge is -2.30. The molecule has 0 unspecified atom stereocenters. The van der Waals surface area contributed by atoms with E-state index >= 15 is 0 Å². The first-order valence-corrected chi connectivity index (χ1v) is 9.05. The van der Waals surface area contributed by atoms with E-state index in [2.05, 4.69) is 15.9 Å². The van der Waals surface area contributed by atoms with Gasteiger partial charge < -0.3 is 10.5 Å². The summed E-state index contributed by atoms with van der Waals surface area (Å²) in [5, 5.41) is 0. The Morgan fingerprint density at radius 2 is 2.16 bits per heavy atom. The molecule has 5 nitrogen and oxygen atoms in total. The van der Waals surface area contributed by atoms with Crippen LogP contribution in [0.3, 0.4) is 0 Å². The van der Waals surface area contributed by atoms with E-state index in [1.54, 1.807) is 13.2 Å². The van der Waals surface area contributed by atoms with Gasteiger partial charge in [-0.1, -0.05) is 0 Å². The zero-order valence-corrected chi connectivity index (χ0v) is 13.9. The van der Waals surface area contributed by atoms with Crippen LogP contribution < -0.4 is 5.73 Å². The summed E-state index contributed by atoms with van der Waals surface area (Å²) >= 11 is 4.69. The molecule has 0 atom stereocenters. The number of nitrogens with two attached hydrogens (primary N) is 1. The van der Waals surface area contributed by atoms with E-state index in [9.17, 15) is 8.42 Å². The van der Waals surface area contributed by atoms with Crippen LogP contribution in [0.4, 0.5) is 0 Å². The molecule has 2 N–H and O–H groups in total. The lowest BCUT2D eigenvalue weighted by atomic mass is 10.1. The van der Waals surface area contributed by atoms with Gasteiger partial charge in [-0.15, -0.1) is 11.3 Å². The maximum Gasteiger partial charge on any atom is 0.245 e. The molecule has 108 valence electrons. The van der Waals surface area contributed by atoms with Crippen LogP contribution in [0, 0.1) is 0 Å². The molecule has 0 aliphatic carbocycles. The summed E-state index contributed by atoms with van der Waals surface area (Å²) in [5.41, 5.74) is 5.55. The standard InChI is InChI=1S/C11H17BrN2O3S2/c1-17-8-2-4-14(5-3-8)19(15,16)10-6-9(7-13)18-11(10)12/h6,8H,2-5,7,13H2,1H3. The molecular formula is C11H17BrN2O3S2. The first kappa shape index (κ1) is 15.4. The van der Waals surface area contributed by atoms with Crippen molar-refractivity contribution in [3.05, 3.63) is 14.7 Å². The van der Waals surface area contributed by atoms with E-state index in [1.165, 1.54) is 15.6 Å². The molecule has 1 aromatic heterocycles. The molecule has 0 spiro atoms. The molecule has 0 amide bonds. The van der Waals surface area contributed by atoms with Crippen molar-refractivity contribution < 1.29 is 13.2 Å². The third kappa shape index (κ3) is 3.20. The normalized spacial score (nSPS) is 18.9. The summed E-state index contributed by atoms with van der Waals surface area (Å²) in [6.45, 7) is 1.35. The Bertz CT molecular complexity index is 536. The predicted octanol–water partition coefficient (Wildman–Crippen LogP) is 1.77. The van der Waals surface area contributed by atoms with Crippen molar-refractivity contribution >= 4 is 37.3 Å². The van der Waals surface area contributed by atoms with Gasteiger partial charge in [-0.05, 0) is 34.8 Å². The van der Waals surface area contributed by atoms with E-state index in [0.717, 1.165) is 17.7 Å². The number of methoxy groups -OCH3 is 1. The molecule has 2 rings (SSSR count). The number of nitrogens with zero attached hydrogens (tertiary/aromatic N) is 1. The van der Waals surface area contributed by atoms with Gasteiger partial charge in [-0.2, -0.15) is 4.31 Å². The van der Waals surface area contributed by atoms with Gasteiger partial charge >= 0.3 is 0 Å². The highest BCUT2D eigenvalue weighted by Gasteiger charge is 2.31. The Labute approximate surface area is 125 Å². The van der Waals surface area contributed by atoms with Crippen molar-refractivity contribution in [2.45, 2.75) is 30.4 Å². The molecule has 2 heterocycles. The number of hydrogen-bond donors (Lipinski definition) is 1. The average Bonchev–Trinajstić information content (AvgIpc) is 2.81. The van der Waals surface area contributed by atoms with Crippen molar-refractivity contribution in [1.29, 1.82) is 0 Å². The number of rotatable bonds is 4. The van der Waals surface area contributed by atoms with Crippen LogP contribution in [0.2, 0.25) is 0 Å². The third-order valence-corrected chi connectivity index (χ3v) is 7.43. The highest BCUT2D eigenvalue weighted by molar-refractivity contribution is 9.11. The largest absolute Gasteiger partial charge is 0.381 e. The van der Waals surface area contributed by atoms with E-state index in [-0.39, 0.29) is 6.10 Å². The van der Waals surface area contributed by atoms with Crippen molar-refractivity contribution in [3.63, 3.8) is 0 Å². The Balaban J connectivity index is 2.20. The molecule has 1 fully saturated rings. The summed E-state index contributed by atoms with van der Waals surface area (Å²) in [7, 11) is -1.76. The predicted molar refractivity (Wildman–Crippen MR) is 78.7 cm³/mol. The minimum atomic E-state index is -3.43. The number of sulfonamides is 1. The van der Waals surface area contributed by atoms with Crippen LogP contribution >= 0.6 is 27.3 Å². The molecular weight excluding hydrogens is 352 g/mol. The smallest absolute Gasteiger partial charge is 0.245 e. The SMILES string of the molecule is COC1CCN(S(=O)(=O)c2cc(CN)sc2Br)CC1. The Morgan fingerprint density at radius 3 is 2.63 bits per heavy atom. The van der Waals surface area contributed by atoms with Crippen molar-refractivity contribution in [3.8, 4) is 0 Å². The Kier molecular flexibility index (Phi) is 5.02. The molecule has 0 saturated carbocycles. The van der Waals surface area contributed by atoms with Gasteiger partial charge in [0.05, 0.1) is 9.89 Å². The maximum atomic E-state index is 12.6. The summed E-state index contributed by atoms with van der Waals surface area (Å²) in [6.07, 6.45) is 1.64. The molecule has 1 saturated heterocycles. The van der Waals surface area contributed by atoms with Gasteiger partial charge in [0.15, 0.2) is 0 Å². The zero-order valence-electron chi connectivity index (χ0n) is 10.6. The van der Waals surface area contributed by atoms with E-state index in [0.29, 0.717) is 28.3 Å². The van der Waals surface area contributed by atoms with Crippen molar-refractivity contribution in [1.82, 2.24) is 4.31 Å². The van der Waals surface area contributed by atoms with Gasteiger partial charge in [0.2, 0.25) is 10.0 Å². The highest BCUT2D eigenvalue weighted by Crippen LogP contribution is 2.34. The number of hydrogen-bond acceptors (Lipinski definition) is 5. The quantitative estimate of drug-likeness (QED) is 0.878. The fourth-order valence-electron chi connectivity index (χ4n) is 2.12. The van der Waals surface area contributed by atoms with Gasteiger partial charge in [0, 0.05) is 31.6 Å². The highest BCUT2D eigenvalue weighted by atomic mass is 79.9. The minimum Gasteiger partial charge on any atom is -0.381 e. The molecule has 0 bridgehead atoms. The zero-order chi connectivity index (χ0) is 14.0. The minimum absolute atomic E-state index is 0.164. The van der Waals surface area contributed by atoms with Gasteiger partial charge in [-0.25, -0.2) is 8.42 Å². The first-order valence-electron chi connectivity index (χ1n) is 6.00. The number of halogens is 1. The van der Waals surface area contributed by atoms with Crippen LogP contribution in [0.5, 0.6) is 0 Å². The summed E-state index contributed by atoms with van der Waals surface area (Å²) in [5.74, 6) is 0. The van der Waals surface area contributed by atoms with Gasteiger partial charge in [0.25, 0.3) is 0 Å². The second-order valence-electron chi connectivity index (χ2n) is 4.39. The third-order valence-electron chi connectivity index (χ3n) is 3.26. The molecule has 1 aliphatic heterocycles. The Morgan fingerprint density at radius 1 is 1.53 bits per heavy atom. The lowest BCUT2D eigenvalue weighted by molar-refractivity contribution is 0.0604. The van der Waals surface area contributed by atoms with E-state index in [1.807, 2.05) is 0 Å². The van der Waals surface area contributed by atoms with E-state index < -0.39 is 10.0 Å². The van der Waals surface area contributed by atoms with Crippen LogP contribution in [0.1, 0.15) is 17.7 Å². The van der Waals surface area contributed by atoms with Gasteiger partial charge in [-0.3, -0.25) is 0 Å². The number of piperidine rings is 1. The van der Waals surface area contributed by atoms with Crippen LogP contribution in [-0.4, -0.2) is 39.0 Å². The topological polar surface area (TPSA) is 72.6 Å². The second-order valence-corrected chi connectivity index (χ2v) is 8.75. The Hall–Kier alpha value is 0.01000. The molecule has 1 aliphatic rings. The molecule has 0 radical (unpaired) electrons. The van der Waals surface area contributed by atoms with Crippen LogP contribution in [0.15, 0.2) is 14.7 Å². The lowest BCUT2D eigenvalue weighted by Crippen LogP contribution is -2.40. The average molecular weight is 369 g/mol. The second kappa shape index (κ2) is 6.19. The number of ether oxygens (including phenoxy) is 1. The van der Waals surface area contributed by atoms with Gasteiger partial charge in [0.1, 0.15) is 4.90 Å². The monoisotopic (exact) mass is 368 g/mol. The number of thiophene rings is 1. The summed E-state index contributed by atoms with van der Waals surface area (Å²) < 4.78 is 32.5. The fourth-order valence-corrected chi connectivity index (χ4v) is 6.10. The summed E-state index contributed by atoms with van der Waals surface area (Å²) in [4.78, 5) is 1.19. The molecule has 8 heteroatoms. The van der Waals surface area contributed by atoms with Crippen molar-refractivity contribution in [2.24, 2.45) is 5.73 Å². The molecule has 0 aromatic carbocycles. The maximum absolute atomic E-state index is 12.6. The molecule has 19 heavy (non-hydrogen) atoms. The fraction of sp³-hybridized carbons (Fsp3) is 0.636. The van der Waals surface area contributed by atoms with Crippen molar-refractivity contribution in [2.75, 3.05) is 20.2 Å². The molecule has 1 aromatic rings. The van der Waals surface area contributed by atoms with Crippen LogP contribution in [-0.2, 0) is 21.3 Å². The van der Waals surface area contributed by atoms with Crippen LogP contribution in [0.25, 0.3) is 0 Å². The summed E-state index contributed by atoms with van der Waals surface area (Å²) in [6, 6.07) is 1.66.